The molecule has 1 amide bonds. The zero-order chi connectivity index (χ0) is 16.2. The van der Waals surface area contributed by atoms with Crippen LogP contribution in [0.2, 0.25) is 0 Å². The SMILES string of the molecule is CCOc1cc(N2CCN(C(=O)OC(C)(C)C)CC2)ncn1. The Morgan fingerprint density at radius 1 is 1.23 bits per heavy atom. The number of nitrogens with zero attached hydrogens (tertiary/aromatic N) is 4. The van der Waals surface area contributed by atoms with Gasteiger partial charge >= 0.3 is 6.09 Å². The number of hydrogen-bond acceptors (Lipinski definition) is 6. The maximum Gasteiger partial charge on any atom is 0.410 e. The summed E-state index contributed by atoms with van der Waals surface area (Å²) in [6, 6.07) is 1.83. The Labute approximate surface area is 131 Å². The zero-order valence-electron chi connectivity index (χ0n) is 13.7. The molecule has 0 aromatic carbocycles. The first kappa shape index (κ1) is 16.3. The van der Waals surface area contributed by atoms with Crippen LogP contribution in [0.1, 0.15) is 27.7 Å². The Kier molecular flexibility index (Phi) is 5.05. The van der Waals surface area contributed by atoms with Gasteiger partial charge in [-0.3, -0.25) is 0 Å². The average Bonchev–Trinajstić information content (AvgIpc) is 2.46. The fourth-order valence-corrected chi connectivity index (χ4v) is 2.17. The van der Waals surface area contributed by atoms with Gasteiger partial charge in [0.05, 0.1) is 6.61 Å². The molecule has 1 aromatic heterocycles. The van der Waals surface area contributed by atoms with Gasteiger partial charge in [0.25, 0.3) is 0 Å². The summed E-state index contributed by atoms with van der Waals surface area (Å²) in [6.45, 7) is 10.8. The van der Waals surface area contributed by atoms with Gasteiger partial charge in [-0.1, -0.05) is 0 Å². The fourth-order valence-electron chi connectivity index (χ4n) is 2.17. The summed E-state index contributed by atoms with van der Waals surface area (Å²) >= 11 is 0. The first-order valence-corrected chi connectivity index (χ1v) is 7.57. The van der Waals surface area contributed by atoms with Crippen LogP contribution >= 0.6 is 0 Å². The molecule has 7 nitrogen and oxygen atoms in total. The largest absolute Gasteiger partial charge is 0.478 e. The number of carbonyl (C=O) groups excluding carboxylic acids is 1. The van der Waals surface area contributed by atoms with Crippen LogP contribution in [-0.2, 0) is 4.74 Å². The van der Waals surface area contributed by atoms with E-state index in [2.05, 4.69) is 14.9 Å². The van der Waals surface area contributed by atoms with Gasteiger partial charge in [0.1, 0.15) is 17.7 Å². The summed E-state index contributed by atoms with van der Waals surface area (Å²) in [5, 5.41) is 0. The maximum absolute atomic E-state index is 12.0. The van der Waals surface area contributed by atoms with E-state index in [9.17, 15) is 4.79 Å². The third-order valence-corrected chi connectivity index (χ3v) is 3.18. The van der Waals surface area contributed by atoms with E-state index >= 15 is 0 Å². The highest BCUT2D eigenvalue weighted by Gasteiger charge is 2.26. The Balaban J connectivity index is 1.92. The summed E-state index contributed by atoms with van der Waals surface area (Å²) in [5.74, 6) is 1.39. The van der Waals surface area contributed by atoms with Crippen molar-refractivity contribution in [2.24, 2.45) is 0 Å². The van der Waals surface area contributed by atoms with Gasteiger partial charge in [-0.05, 0) is 27.7 Å². The van der Waals surface area contributed by atoms with E-state index in [-0.39, 0.29) is 6.09 Å². The van der Waals surface area contributed by atoms with Gasteiger partial charge in [0.15, 0.2) is 0 Å². The number of hydrogen-bond donors (Lipinski definition) is 0. The number of ether oxygens (including phenoxy) is 2. The normalized spacial score (nSPS) is 15.6. The van der Waals surface area contributed by atoms with Crippen LogP contribution in [0.15, 0.2) is 12.4 Å². The van der Waals surface area contributed by atoms with Gasteiger partial charge in [-0.15, -0.1) is 0 Å². The van der Waals surface area contributed by atoms with E-state index in [4.69, 9.17) is 9.47 Å². The average molecular weight is 308 g/mol. The first-order valence-electron chi connectivity index (χ1n) is 7.57. The minimum atomic E-state index is -0.465. The van der Waals surface area contributed by atoms with Crippen LogP contribution in [0.4, 0.5) is 10.6 Å². The van der Waals surface area contributed by atoms with Crippen molar-refractivity contribution in [3.63, 3.8) is 0 Å². The van der Waals surface area contributed by atoms with Crippen LogP contribution in [0.5, 0.6) is 5.88 Å². The minimum Gasteiger partial charge on any atom is -0.478 e. The Hall–Kier alpha value is -2.05. The molecular weight excluding hydrogens is 284 g/mol. The van der Waals surface area contributed by atoms with Crippen molar-refractivity contribution in [3.8, 4) is 5.88 Å². The summed E-state index contributed by atoms with van der Waals surface area (Å²) in [5.41, 5.74) is -0.465. The van der Waals surface area contributed by atoms with Gasteiger partial charge in [-0.2, -0.15) is 0 Å². The summed E-state index contributed by atoms with van der Waals surface area (Å²) in [7, 11) is 0. The third-order valence-electron chi connectivity index (χ3n) is 3.18. The predicted molar refractivity (Wildman–Crippen MR) is 83.2 cm³/mol. The van der Waals surface area contributed by atoms with Crippen LogP contribution < -0.4 is 9.64 Å². The standard InChI is InChI=1S/C15H24N4O3/c1-5-21-13-10-12(16-11-17-13)18-6-8-19(9-7-18)14(20)22-15(2,3)4/h10-11H,5-9H2,1-4H3. The number of aromatic nitrogens is 2. The molecule has 0 atom stereocenters. The molecule has 0 aliphatic carbocycles. The quantitative estimate of drug-likeness (QED) is 0.850. The van der Waals surface area contributed by atoms with Crippen LogP contribution in [0.25, 0.3) is 0 Å². The number of anilines is 1. The van der Waals surface area contributed by atoms with Gasteiger partial charge < -0.3 is 19.3 Å². The molecule has 1 fully saturated rings. The lowest BCUT2D eigenvalue weighted by molar-refractivity contribution is 0.0240. The van der Waals surface area contributed by atoms with Crippen molar-refractivity contribution in [2.75, 3.05) is 37.7 Å². The van der Waals surface area contributed by atoms with E-state index in [0.29, 0.717) is 38.7 Å². The molecule has 2 heterocycles. The molecule has 0 N–H and O–H groups in total. The number of piperazine rings is 1. The van der Waals surface area contributed by atoms with Crippen LogP contribution in [-0.4, -0.2) is 59.3 Å². The lowest BCUT2D eigenvalue weighted by Gasteiger charge is -2.36. The van der Waals surface area contributed by atoms with Crippen LogP contribution in [0, 0.1) is 0 Å². The highest BCUT2D eigenvalue weighted by atomic mass is 16.6. The van der Waals surface area contributed by atoms with Crippen molar-refractivity contribution >= 4 is 11.9 Å². The molecule has 2 rings (SSSR count). The summed E-state index contributed by atoms with van der Waals surface area (Å²) in [6.07, 6.45) is 1.24. The van der Waals surface area contributed by atoms with E-state index in [1.165, 1.54) is 6.33 Å². The van der Waals surface area contributed by atoms with E-state index in [0.717, 1.165) is 5.82 Å². The van der Waals surface area contributed by atoms with Crippen molar-refractivity contribution in [2.45, 2.75) is 33.3 Å². The molecule has 0 bridgehead atoms. The monoisotopic (exact) mass is 308 g/mol. The van der Waals surface area contributed by atoms with Crippen molar-refractivity contribution < 1.29 is 14.3 Å². The van der Waals surface area contributed by atoms with Crippen molar-refractivity contribution in [3.05, 3.63) is 12.4 Å². The molecule has 1 aliphatic rings. The highest BCUT2D eigenvalue weighted by molar-refractivity contribution is 5.68. The molecule has 122 valence electrons. The Morgan fingerprint density at radius 2 is 1.91 bits per heavy atom. The molecule has 0 radical (unpaired) electrons. The molecule has 0 spiro atoms. The molecule has 1 aromatic rings. The summed E-state index contributed by atoms with van der Waals surface area (Å²) in [4.78, 5) is 24.2. The molecular formula is C15H24N4O3. The smallest absolute Gasteiger partial charge is 0.410 e. The maximum atomic E-state index is 12.0. The third kappa shape index (κ3) is 4.47. The number of carbonyl (C=O) groups is 1. The second-order valence-corrected chi connectivity index (χ2v) is 6.10. The molecule has 1 aliphatic heterocycles. The van der Waals surface area contributed by atoms with E-state index in [1.54, 1.807) is 4.90 Å². The van der Waals surface area contributed by atoms with Gasteiger partial charge in [0, 0.05) is 32.2 Å². The molecule has 22 heavy (non-hydrogen) atoms. The van der Waals surface area contributed by atoms with E-state index < -0.39 is 5.60 Å². The van der Waals surface area contributed by atoms with Crippen molar-refractivity contribution in [1.29, 1.82) is 0 Å². The summed E-state index contributed by atoms with van der Waals surface area (Å²) < 4.78 is 10.8. The first-order chi connectivity index (χ1) is 10.4. The second kappa shape index (κ2) is 6.81. The lowest BCUT2D eigenvalue weighted by atomic mass is 10.2. The van der Waals surface area contributed by atoms with Gasteiger partial charge in [0.2, 0.25) is 5.88 Å². The molecule has 0 saturated carbocycles. The molecule has 1 saturated heterocycles. The number of amides is 1. The molecule has 0 unspecified atom stereocenters. The van der Waals surface area contributed by atoms with Gasteiger partial charge in [-0.25, -0.2) is 14.8 Å². The highest BCUT2D eigenvalue weighted by Crippen LogP contribution is 2.18. The Morgan fingerprint density at radius 3 is 2.50 bits per heavy atom. The van der Waals surface area contributed by atoms with Crippen LogP contribution in [0.3, 0.4) is 0 Å². The Bertz CT molecular complexity index is 508. The zero-order valence-corrected chi connectivity index (χ0v) is 13.7. The number of rotatable bonds is 3. The topological polar surface area (TPSA) is 67.8 Å². The lowest BCUT2D eigenvalue weighted by Crippen LogP contribution is -2.50. The second-order valence-electron chi connectivity index (χ2n) is 6.10. The fraction of sp³-hybridized carbons (Fsp3) is 0.667. The predicted octanol–water partition coefficient (Wildman–Crippen LogP) is 1.93. The van der Waals surface area contributed by atoms with E-state index in [1.807, 2.05) is 33.8 Å². The minimum absolute atomic E-state index is 0.259. The molecule has 7 heteroatoms. The van der Waals surface area contributed by atoms with Crippen molar-refractivity contribution in [1.82, 2.24) is 14.9 Å².